The number of nitrogens with one attached hydrogen (secondary N) is 2. The van der Waals surface area contributed by atoms with E-state index in [9.17, 15) is 0 Å². The molecular formula is C15H21N5. The topological polar surface area (TPSA) is 62.7 Å². The first-order valence-corrected chi connectivity index (χ1v) is 6.99. The van der Waals surface area contributed by atoms with Crippen LogP contribution >= 0.6 is 0 Å². The molecule has 2 N–H and O–H groups in total. The van der Waals surface area contributed by atoms with E-state index in [1.165, 1.54) is 5.56 Å². The summed E-state index contributed by atoms with van der Waals surface area (Å²) >= 11 is 0. The van der Waals surface area contributed by atoms with Gasteiger partial charge in [-0.2, -0.15) is 0 Å². The molecule has 0 aliphatic carbocycles. The van der Waals surface area contributed by atoms with Gasteiger partial charge in [0.1, 0.15) is 17.5 Å². The van der Waals surface area contributed by atoms with Crippen LogP contribution in [0.15, 0.2) is 24.4 Å². The third-order valence-electron chi connectivity index (χ3n) is 3.00. The summed E-state index contributed by atoms with van der Waals surface area (Å²) < 4.78 is 0. The number of rotatable bonds is 6. The molecule has 5 heteroatoms. The van der Waals surface area contributed by atoms with Crippen molar-refractivity contribution in [3.05, 3.63) is 41.5 Å². The summed E-state index contributed by atoms with van der Waals surface area (Å²) in [4.78, 5) is 13.3. The fourth-order valence-corrected chi connectivity index (χ4v) is 1.90. The normalized spacial score (nSPS) is 10.3. The van der Waals surface area contributed by atoms with Gasteiger partial charge in [-0.3, -0.25) is 4.98 Å². The Kier molecular flexibility index (Phi) is 4.87. The van der Waals surface area contributed by atoms with Crippen molar-refractivity contribution in [2.24, 2.45) is 0 Å². The fraction of sp³-hybridized carbons (Fsp3) is 0.400. The van der Waals surface area contributed by atoms with Gasteiger partial charge in [0.05, 0.1) is 12.2 Å². The Morgan fingerprint density at radius 2 is 1.85 bits per heavy atom. The number of anilines is 2. The molecule has 2 heterocycles. The minimum Gasteiger partial charge on any atom is -0.370 e. The maximum atomic E-state index is 4.49. The van der Waals surface area contributed by atoms with Crippen LogP contribution < -0.4 is 10.6 Å². The van der Waals surface area contributed by atoms with Crippen LogP contribution in [-0.2, 0) is 13.0 Å². The van der Waals surface area contributed by atoms with Gasteiger partial charge >= 0.3 is 0 Å². The van der Waals surface area contributed by atoms with E-state index < -0.39 is 0 Å². The van der Waals surface area contributed by atoms with Crippen molar-refractivity contribution in [2.45, 2.75) is 33.7 Å². The summed E-state index contributed by atoms with van der Waals surface area (Å²) in [6, 6.07) is 5.94. The molecule has 2 aromatic rings. The van der Waals surface area contributed by atoms with Gasteiger partial charge < -0.3 is 10.6 Å². The molecule has 20 heavy (non-hydrogen) atoms. The Balaban J connectivity index is 2.12. The van der Waals surface area contributed by atoms with Crippen LogP contribution in [0, 0.1) is 6.92 Å². The van der Waals surface area contributed by atoms with Crippen molar-refractivity contribution in [1.82, 2.24) is 15.0 Å². The third kappa shape index (κ3) is 3.66. The Morgan fingerprint density at radius 1 is 1.10 bits per heavy atom. The minimum atomic E-state index is 0.665. The zero-order valence-electron chi connectivity index (χ0n) is 12.3. The van der Waals surface area contributed by atoms with Gasteiger partial charge in [-0.1, -0.05) is 13.0 Å². The van der Waals surface area contributed by atoms with Crippen molar-refractivity contribution in [1.29, 1.82) is 0 Å². The number of nitrogens with zero attached hydrogens (tertiary/aromatic N) is 3. The minimum absolute atomic E-state index is 0.665. The molecule has 0 bridgehead atoms. The van der Waals surface area contributed by atoms with Gasteiger partial charge in [0.2, 0.25) is 0 Å². The summed E-state index contributed by atoms with van der Waals surface area (Å²) in [5, 5.41) is 6.55. The van der Waals surface area contributed by atoms with E-state index in [0.717, 1.165) is 36.1 Å². The molecule has 0 spiro atoms. The lowest BCUT2D eigenvalue weighted by atomic mass is 10.2. The second-order valence-corrected chi connectivity index (χ2v) is 4.56. The summed E-state index contributed by atoms with van der Waals surface area (Å²) in [7, 11) is 0. The van der Waals surface area contributed by atoms with E-state index >= 15 is 0 Å². The van der Waals surface area contributed by atoms with Crippen LogP contribution in [0.4, 0.5) is 11.6 Å². The predicted octanol–water partition coefficient (Wildman–Crippen LogP) is 2.79. The number of aromatic nitrogens is 3. The maximum absolute atomic E-state index is 4.49. The first kappa shape index (κ1) is 14.2. The summed E-state index contributed by atoms with van der Waals surface area (Å²) in [6.45, 7) is 7.68. The van der Waals surface area contributed by atoms with E-state index in [-0.39, 0.29) is 0 Å². The molecular weight excluding hydrogens is 250 g/mol. The zero-order valence-corrected chi connectivity index (χ0v) is 12.3. The second-order valence-electron chi connectivity index (χ2n) is 4.56. The molecule has 0 fully saturated rings. The van der Waals surface area contributed by atoms with E-state index in [0.29, 0.717) is 6.54 Å². The number of hydrogen-bond donors (Lipinski definition) is 2. The fourth-order valence-electron chi connectivity index (χ4n) is 1.90. The highest BCUT2D eigenvalue weighted by molar-refractivity contribution is 5.47. The van der Waals surface area contributed by atoms with Gasteiger partial charge in [0.25, 0.3) is 0 Å². The summed E-state index contributed by atoms with van der Waals surface area (Å²) in [5.74, 6) is 2.53. The smallest absolute Gasteiger partial charge is 0.132 e. The van der Waals surface area contributed by atoms with Gasteiger partial charge in [-0.25, -0.2) is 9.97 Å². The highest BCUT2D eigenvalue weighted by atomic mass is 15.1. The van der Waals surface area contributed by atoms with Crippen molar-refractivity contribution in [2.75, 3.05) is 17.2 Å². The Hall–Kier alpha value is -2.17. The van der Waals surface area contributed by atoms with Crippen LogP contribution in [0.25, 0.3) is 0 Å². The molecule has 0 aliphatic heterocycles. The number of hydrogen-bond acceptors (Lipinski definition) is 5. The molecule has 0 saturated carbocycles. The molecule has 2 aromatic heterocycles. The Morgan fingerprint density at radius 3 is 2.50 bits per heavy atom. The monoisotopic (exact) mass is 271 g/mol. The van der Waals surface area contributed by atoms with Crippen molar-refractivity contribution < 1.29 is 0 Å². The molecule has 5 nitrogen and oxygen atoms in total. The van der Waals surface area contributed by atoms with Crippen molar-refractivity contribution >= 4 is 11.6 Å². The molecule has 106 valence electrons. The average molecular weight is 271 g/mol. The SMILES string of the molecule is CCNc1cc(NCc2ncccc2C)nc(CC)n1. The van der Waals surface area contributed by atoms with Crippen LogP contribution in [0.1, 0.15) is 30.9 Å². The van der Waals surface area contributed by atoms with E-state index in [4.69, 9.17) is 0 Å². The van der Waals surface area contributed by atoms with E-state index in [1.807, 2.05) is 18.3 Å². The number of aryl methyl sites for hydroxylation is 2. The number of pyridine rings is 1. The van der Waals surface area contributed by atoms with E-state index in [1.54, 1.807) is 0 Å². The summed E-state index contributed by atoms with van der Waals surface area (Å²) in [5.41, 5.74) is 2.21. The molecule has 0 aliphatic rings. The van der Waals surface area contributed by atoms with Crippen LogP contribution in [-0.4, -0.2) is 21.5 Å². The van der Waals surface area contributed by atoms with Gasteiger partial charge in [0.15, 0.2) is 0 Å². The zero-order chi connectivity index (χ0) is 14.4. The molecule has 0 atom stereocenters. The standard InChI is InChI=1S/C15H21N5/c1-4-13-19-14(16-5-2)9-15(20-13)18-10-12-11(3)7-6-8-17-12/h6-9H,4-5,10H2,1-3H3,(H2,16,18,19,20). The lowest BCUT2D eigenvalue weighted by Crippen LogP contribution is -2.09. The summed E-state index contributed by atoms with van der Waals surface area (Å²) in [6.07, 6.45) is 2.63. The Labute approximate surface area is 119 Å². The molecule has 0 aromatic carbocycles. The van der Waals surface area contributed by atoms with Gasteiger partial charge in [-0.15, -0.1) is 0 Å². The third-order valence-corrected chi connectivity index (χ3v) is 3.00. The van der Waals surface area contributed by atoms with Crippen molar-refractivity contribution in [3.63, 3.8) is 0 Å². The largest absolute Gasteiger partial charge is 0.370 e. The lowest BCUT2D eigenvalue weighted by Gasteiger charge is -2.10. The lowest BCUT2D eigenvalue weighted by molar-refractivity contribution is 0.922. The highest BCUT2D eigenvalue weighted by Crippen LogP contribution is 2.13. The maximum Gasteiger partial charge on any atom is 0.132 e. The van der Waals surface area contributed by atoms with Gasteiger partial charge in [-0.05, 0) is 25.5 Å². The predicted molar refractivity (Wildman–Crippen MR) is 81.9 cm³/mol. The molecule has 0 unspecified atom stereocenters. The van der Waals surface area contributed by atoms with Crippen molar-refractivity contribution in [3.8, 4) is 0 Å². The molecule has 0 amide bonds. The quantitative estimate of drug-likeness (QED) is 0.846. The van der Waals surface area contributed by atoms with Crippen LogP contribution in [0.5, 0.6) is 0 Å². The first-order valence-electron chi connectivity index (χ1n) is 6.99. The second kappa shape index (κ2) is 6.84. The molecule has 0 radical (unpaired) electrons. The first-order chi connectivity index (χ1) is 9.72. The molecule has 0 saturated heterocycles. The van der Waals surface area contributed by atoms with Gasteiger partial charge in [0, 0.05) is 25.2 Å². The van der Waals surface area contributed by atoms with Crippen LogP contribution in [0.3, 0.4) is 0 Å². The van der Waals surface area contributed by atoms with Crippen LogP contribution in [0.2, 0.25) is 0 Å². The average Bonchev–Trinajstić information content (AvgIpc) is 2.46. The highest BCUT2D eigenvalue weighted by Gasteiger charge is 2.04. The molecule has 2 rings (SSSR count). The Bertz CT molecular complexity index is 568. The van der Waals surface area contributed by atoms with E-state index in [2.05, 4.69) is 52.4 Å².